The Balaban J connectivity index is 2.27. The van der Waals surface area contributed by atoms with Crippen LogP contribution in [-0.4, -0.2) is 48.9 Å². The Morgan fingerprint density at radius 2 is 2.06 bits per heavy atom. The molecule has 1 unspecified atom stereocenters. The molecule has 96 valence electrons. The lowest BCUT2D eigenvalue weighted by molar-refractivity contribution is -0.134. The summed E-state index contributed by atoms with van der Waals surface area (Å²) in [6, 6.07) is -0.439. The molecule has 1 aliphatic heterocycles. The Hall–Kier alpha value is -1.36. The fourth-order valence-electron chi connectivity index (χ4n) is 1.85. The van der Waals surface area contributed by atoms with Crippen molar-refractivity contribution in [3.8, 4) is 0 Å². The molecule has 0 spiro atoms. The monoisotopic (exact) mass is 239 g/mol. The Bertz CT molecular complexity index is 285. The number of carbonyl (C=O) groups excluding carboxylic acids is 2. The highest BCUT2D eigenvalue weighted by Gasteiger charge is 2.23. The van der Waals surface area contributed by atoms with Crippen LogP contribution in [0, 0.1) is 0 Å². The van der Waals surface area contributed by atoms with Gasteiger partial charge in [0.25, 0.3) is 0 Å². The lowest BCUT2D eigenvalue weighted by atomic mass is 10.3. The van der Waals surface area contributed by atoms with E-state index in [1.165, 1.54) is 0 Å². The molecule has 0 saturated carbocycles. The first-order valence-corrected chi connectivity index (χ1v) is 6.05. The van der Waals surface area contributed by atoms with E-state index in [1.54, 1.807) is 13.0 Å². The van der Waals surface area contributed by atoms with Gasteiger partial charge in [0, 0.05) is 19.6 Å². The summed E-state index contributed by atoms with van der Waals surface area (Å²) in [5.74, 6) is -0.147. The second-order valence-electron chi connectivity index (χ2n) is 4.24. The molecule has 1 heterocycles. The van der Waals surface area contributed by atoms with E-state index < -0.39 is 6.04 Å². The maximum atomic E-state index is 11.9. The predicted molar refractivity (Wildman–Crippen MR) is 66.5 cm³/mol. The first-order chi connectivity index (χ1) is 8.15. The zero-order chi connectivity index (χ0) is 12.7. The molecule has 0 aromatic rings. The zero-order valence-corrected chi connectivity index (χ0v) is 10.4. The van der Waals surface area contributed by atoms with Gasteiger partial charge in [0.15, 0.2) is 0 Å². The second kappa shape index (κ2) is 7.06. The number of nitrogens with one attached hydrogen (secondary N) is 2. The van der Waals surface area contributed by atoms with Crippen molar-refractivity contribution in [2.45, 2.75) is 25.8 Å². The van der Waals surface area contributed by atoms with Gasteiger partial charge in [0.1, 0.15) is 6.04 Å². The van der Waals surface area contributed by atoms with E-state index in [0.717, 1.165) is 25.9 Å². The number of hydrogen-bond donors (Lipinski definition) is 2. The minimum absolute atomic E-state index is 0.0135. The summed E-state index contributed by atoms with van der Waals surface area (Å²) in [4.78, 5) is 25.2. The SMILES string of the molecule is C=CCNCC(=O)NC(C)C(=O)N1CCCC1. The topological polar surface area (TPSA) is 61.4 Å². The van der Waals surface area contributed by atoms with Crippen LogP contribution in [0.15, 0.2) is 12.7 Å². The van der Waals surface area contributed by atoms with Gasteiger partial charge in [-0.25, -0.2) is 0 Å². The van der Waals surface area contributed by atoms with Crippen molar-refractivity contribution >= 4 is 11.8 Å². The van der Waals surface area contributed by atoms with Crippen molar-refractivity contribution < 1.29 is 9.59 Å². The largest absolute Gasteiger partial charge is 0.343 e. The van der Waals surface area contributed by atoms with Gasteiger partial charge < -0.3 is 15.5 Å². The molecule has 0 aromatic carbocycles. The van der Waals surface area contributed by atoms with E-state index in [0.29, 0.717) is 6.54 Å². The van der Waals surface area contributed by atoms with Gasteiger partial charge in [-0.05, 0) is 19.8 Å². The number of hydrogen-bond acceptors (Lipinski definition) is 3. The van der Waals surface area contributed by atoms with Crippen LogP contribution < -0.4 is 10.6 Å². The van der Waals surface area contributed by atoms with Crippen LogP contribution in [0.3, 0.4) is 0 Å². The molecule has 2 amide bonds. The van der Waals surface area contributed by atoms with Crippen molar-refractivity contribution in [1.29, 1.82) is 0 Å². The molecule has 1 aliphatic rings. The standard InChI is InChI=1S/C12H21N3O2/c1-3-6-13-9-11(16)14-10(2)12(17)15-7-4-5-8-15/h3,10,13H,1,4-9H2,2H3,(H,14,16). The van der Waals surface area contributed by atoms with E-state index >= 15 is 0 Å². The molecule has 1 rings (SSSR count). The van der Waals surface area contributed by atoms with Crippen molar-refractivity contribution in [2.75, 3.05) is 26.2 Å². The van der Waals surface area contributed by atoms with Crippen LogP contribution in [0.2, 0.25) is 0 Å². The van der Waals surface area contributed by atoms with Crippen molar-refractivity contribution in [3.63, 3.8) is 0 Å². The summed E-state index contributed by atoms with van der Waals surface area (Å²) in [6.45, 7) is 7.70. The summed E-state index contributed by atoms with van der Waals surface area (Å²) in [6.07, 6.45) is 3.81. The predicted octanol–water partition coefficient (Wildman–Crippen LogP) is -0.111. The Labute approximate surface area is 102 Å². The van der Waals surface area contributed by atoms with E-state index in [1.807, 2.05) is 4.90 Å². The molecule has 1 saturated heterocycles. The van der Waals surface area contributed by atoms with Gasteiger partial charge in [-0.15, -0.1) is 6.58 Å². The molecule has 0 radical (unpaired) electrons. The van der Waals surface area contributed by atoms with Gasteiger partial charge in [-0.1, -0.05) is 6.08 Å². The third kappa shape index (κ3) is 4.56. The summed E-state index contributed by atoms with van der Waals surface area (Å²) < 4.78 is 0. The minimum atomic E-state index is -0.439. The third-order valence-corrected chi connectivity index (χ3v) is 2.74. The van der Waals surface area contributed by atoms with Gasteiger partial charge in [-0.3, -0.25) is 9.59 Å². The molecule has 2 N–H and O–H groups in total. The quantitative estimate of drug-likeness (QED) is 0.502. The normalized spacial score (nSPS) is 16.6. The summed E-state index contributed by atoms with van der Waals surface area (Å²) in [7, 11) is 0. The molecular formula is C12H21N3O2. The number of likely N-dealkylation sites (tertiary alicyclic amines) is 1. The van der Waals surface area contributed by atoms with Crippen molar-refractivity contribution in [1.82, 2.24) is 15.5 Å². The number of amides is 2. The highest BCUT2D eigenvalue weighted by atomic mass is 16.2. The Kier molecular flexibility index (Phi) is 5.69. The van der Waals surface area contributed by atoms with E-state index in [-0.39, 0.29) is 18.4 Å². The maximum absolute atomic E-state index is 11.9. The van der Waals surface area contributed by atoms with Crippen LogP contribution in [0.5, 0.6) is 0 Å². The summed E-state index contributed by atoms with van der Waals surface area (Å²) in [5, 5.41) is 5.58. The molecule has 17 heavy (non-hydrogen) atoms. The van der Waals surface area contributed by atoms with E-state index in [9.17, 15) is 9.59 Å². The average Bonchev–Trinajstić information content (AvgIpc) is 2.81. The van der Waals surface area contributed by atoms with Crippen LogP contribution in [0.1, 0.15) is 19.8 Å². The van der Waals surface area contributed by atoms with Crippen LogP contribution in [-0.2, 0) is 9.59 Å². The molecule has 5 nitrogen and oxygen atoms in total. The zero-order valence-electron chi connectivity index (χ0n) is 10.4. The number of rotatable bonds is 6. The van der Waals surface area contributed by atoms with Gasteiger partial charge >= 0.3 is 0 Å². The van der Waals surface area contributed by atoms with E-state index in [2.05, 4.69) is 17.2 Å². The summed E-state index contributed by atoms with van der Waals surface area (Å²) >= 11 is 0. The molecule has 5 heteroatoms. The summed E-state index contributed by atoms with van der Waals surface area (Å²) in [5.41, 5.74) is 0. The third-order valence-electron chi connectivity index (χ3n) is 2.74. The lowest BCUT2D eigenvalue weighted by Crippen LogP contribution is -2.48. The molecule has 0 aliphatic carbocycles. The van der Waals surface area contributed by atoms with Gasteiger partial charge in [0.05, 0.1) is 6.54 Å². The number of carbonyl (C=O) groups is 2. The number of nitrogens with zero attached hydrogens (tertiary/aromatic N) is 1. The minimum Gasteiger partial charge on any atom is -0.343 e. The Morgan fingerprint density at radius 3 is 2.65 bits per heavy atom. The fourth-order valence-corrected chi connectivity index (χ4v) is 1.85. The first kappa shape index (κ1) is 13.7. The fraction of sp³-hybridized carbons (Fsp3) is 0.667. The Morgan fingerprint density at radius 1 is 1.41 bits per heavy atom. The van der Waals surface area contributed by atoms with Crippen molar-refractivity contribution in [3.05, 3.63) is 12.7 Å². The van der Waals surface area contributed by atoms with Crippen LogP contribution in [0.4, 0.5) is 0 Å². The molecule has 1 atom stereocenters. The highest BCUT2D eigenvalue weighted by molar-refractivity contribution is 5.88. The van der Waals surface area contributed by atoms with Crippen LogP contribution in [0.25, 0.3) is 0 Å². The average molecular weight is 239 g/mol. The molecule has 0 bridgehead atoms. The van der Waals surface area contributed by atoms with Gasteiger partial charge in [0.2, 0.25) is 11.8 Å². The molecule has 0 aromatic heterocycles. The van der Waals surface area contributed by atoms with Crippen LogP contribution >= 0.6 is 0 Å². The van der Waals surface area contributed by atoms with E-state index in [4.69, 9.17) is 0 Å². The molecular weight excluding hydrogens is 218 g/mol. The maximum Gasteiger partial charge on any atom is 0.244 e. The lowest BCUT2D eigenvalue weighted by Gasteiger charge is -2.21. The smallest absolute Gasteiger partial charge is 0.244 e. The first-order valence-electron chi connectivity index (χ1n) is 6.05. The second-order valence-corrected chi connectivity index (χ2v) is 4.24. The molecule has 1 fully saturated rings. The van der Waals surface area contributed by atoms with Crippen molar-refractivity contribution in [2.24, 2.45) is 0 Å². The highest BCUT2D eigenvalue weighted by Crippen LogP contribution is 2.08. The van der Waals surface area contributed by atoms with Gasteiger partial charge in [-0.2, -0.15) is 0 Å².